The minimum atomic E-state index is -3.00. The third-order valence-corrected chi connectivity index (χ3v) is 1.45. The van der Waals surface area contributed by atoms with Gasteiger partial charge in [0.15, 0.2) is 0 Å². The van der Waals surface area contributed by atoms with Crippen LogP contribution in [0.2, 0.25) is 0 Å². The van der Waals surface area contributed by atoms with Crippen LogP contribution < -0.4 is 10.6 Å². The van der Waals surface area contributed by atoms with Gasteiger partial charge in [0.25, 0.3) is 0 Å². The molecule has 0 rings (SSSR count). The molecule has 0 aliphatic carbocycles. The Bertz CT molecular complexity index is 154. The Kier molecular flexibility index (Phi) is 3.28. The van der Waals surface area contributed by atoms with Crippen molar-refractivity contribution in [1.82, 2.24) is 5.09 Å². The molecule has 0 aromatic rings. The summed E-state index contributed by atoms with van der Waals surface area (Å²) in [6.45, 7) is -1.35. The standard InChI is InChI=1S/C3H9N2O2PS/c1-2-3(6)5-8(4,7)9/h2H2,1H3,(H4,4,5,6,7,9). The third kappa shape index (κ3) is 5.92. The zero-order valence-electron chi connectivity index (χ0n) is 5.00. The van der Waals surface area contributed by atoms with E-state index in [2.05, 4.69) is 16.9 Å². The fourth-order valence-electron chi connectivity index (χ4n) is 0.258. The van der Waals surface area contributed by atoms with Gasteiger partial charge < -0.3 is 4.89 Å². The van der Waals surface area contributed by atoms with Crippen molar-refractivity contribution in [2.24, 2.45) is 5.50 Å². The number of nitrogens with two attached hydrogens (primary N) is 1. The lowest BCUT2D eigenvalue weighted by atomic mass is 10.5. The molecule has 4 N–H and O–H groups in total. The molecule has 0 aliphatic heterocycles. The first-order valence-corrected chi connectivity index (χ1v) is 5.20. The van der Waals surface area contributed by atoms with Gasteiger partial charge in [0, 0.05) is 6.42 Å². The van der Waals surface area contributed by atoms with E-state index in [1.165, 1.54) is 0 Å². The summed E-state index contributed by atoms with van der Waals surface area (Å²) in [5, 5.41) is 2.09. The smallest absolute Gasteiger partial charge is 0.225 e. The van der Waals surface area contributed by atoms with Crippen LogP contribution in [-0.2, 0) is 16.6 Å². The Labute approximate surface area is 58.6 Å². The molecule has 6 heteroatoms. The van der Waals surface area contributed by atoms with Gasteiger partial charge in [0.2, 0.25) is 12.5 Å². The van der Waals surface area contributed by atoms with E-state index in [4.69, 9.17) is 10.4 Å². The third-order valence-electron chi connectivity index (χ3n) is 0.606. The highest BCUT2D eigenvalue weighted by Crippen LogP contribution is 2.22. The molecule has 0 aliphatic rings. The predicted octanol–water partition coefficient (Wildman–Crippen LogP) is -0.312. The van der Waals surface area contributed by atoms with Crippen molar-refractivity contribution < 1.29 is 9.69 Å². The van der Waals surface area contributed by atoms with Gasteiger partial charge in [-0.2, -0.15) is 0 Å². The molecule has 0 spiro atoms. The maximum absolute atomic E-state index is 10.4. The summed E-state index contributed by atoms with van der Waals surface area (Å²) in [5.41, 5.74) is 4.96. The Morgan fingerprint density at radius 1 is 2.00 bits per heavy atom. The molecule has 9 heavy (non-hydrogen) atoms. The van der Waals surface area contributed by atoms with Gasteiger partial charge >= 0.3 is 0 Å². The summed E-state index contributed by atoms with van der Waals surface area (Å²) in [6, 6.07) is 0. The maximum Gasteiger partial charge on any atom is 0.225 e. The van der Waals surface area contributed by atoms with Crippen molar-refractivity contribution in [2.45, 2.75) is 13.3 Å². The lowest BCUT2D eigenvalue weighted by molar-refractivity contribution is -0.119. The molecule has 0 aromatic carbocycles. The molecule has 1 atom stereocenters. The fraction of sp³-hybridized carbons (Fsp3) is 0.667. The summed E-state index contributed by atoms with van der Waals surface area (Å²) in [5.74, 6) is -0.316. The van der Waals surface area contributed by atoms with Gasteiger partial charge in [-0.1, -0.05) is 6.92 Å². The van der Waals surface area contributed by atoms with Crippen LogP contribution in [0.4, 0.5) is 0 Å². The van der Waals surface area contributed by atoms with E-state index in [0.717, 1.165) is 0 Å². The molecular formula is C3H9N2O2PS. The summed E-state index contributed by atoms with van der Waals surface area (Å²) >= 11 is 4.34. The summed E-state index contributed by atoms with van der Waals surface area (Å²) in [6.07, 6.45) is 0.288. The second-order valence-corrected chi connectivity index (χ2v) is 4.65. The van der Waals surface area contributed by atoms with Crippen LogP contribution >= 0.6 is 6.57 Å². The van der Waals surface area contributed by atoms with E-state index in [1.54, 1.807) is 6.92 Å². The van der Waals surface area contributed by atoms with Crippen LogP contribution in [-0.4, -0.2) is 10.8 Å². The largest absolute Gasteiger partial charge is 0.339 e. The van der Waals surface area contributed by atoms with Gasteiger partial charge in [0.1, 0.15) is 0 Å². The second-order valence-electron chi connectivity index (χ2n) is 1.51. The Morgan fingerprint density at radius 2 is 2.44 bits per heavy atom. The van der Waals surface area contributed by atoms with Crippen molar-refractivity contribution in [1.29, 1.82) is 0 Å². The Hall–Kier alpha value is 0.0400. The van der Waals surface area contributed by atoms with E-state index in [1.807, 2.05) is 0 Å². The molecule has 1 unspecified atom stereocenters. The lowest BCUT2D eigenvalue weighted by Crippen LogP contribution is -2.22. The van der Waals surface area contributed by atoms with Crippen LogP contribution in [0.15, 0.2) is 0 Å². The summed E-state index contributed by atoms with van der Waals surface area (Å²) in [7, 11) is 0. The average Bonchev–Trinajstić information content (AvgIpc) is 1.62. The van der Waals surface area contributed by atoms with E-state index in [9.17, 15) is 4.79 Å². The molecule has 54 valence electrons. The fourth-order valence-corrected chi connectivity index (χ4v) is 1.08. The van der Waals surface area contributed by atoms with Crippen LogP contribution in [0.1, 0.15) is 13.3 Å². The first kappa shape index (κ1) is 9.04. The molecule has 0 heterocycles. The van der Waals surface area contributed by atoms with Gasteiger partial charge in [-0.3, -0.25) is 15.4 Å². The average molecular weight is 168 g/mol. The number of carbonyl (C=O) groups is 1. The van der Waals surface area contributed by atoms with Crippen LogP contribution in [0.3, 0.4) is 0 Å². The van der Waals surface area contributed by atoms with Gasteiger partial charge in [0.05, 0.1) is 0 Å². The highest BCUT2D eigenvalue weighted by Gasteiger charge is 2.06. The zero-order valence-corrected chi connectivity index (χ0v) is 6.71. The van der Waals surface area contributed by atoms with Crippen molar-refractivity contribution in [3.63, 3.8) is 0 Å². The molecule has 0 saturated heterocycles. The second kappa shape index (κ2) is 3.27. The number of carbonyl (C=O) groups excluding carboxylic acids is 1. The van der Waals surface area contributed by atoms with Crippen molar-refractivity contribution in [2.75, 3.05) is 0 Å². The van der Waals surface area contributed by atoms with Crippen LogP contribution in [0.25, 0.3) is 0 Å². The Balaban J connectivity index is 3.75. The number of hydrogen-bond donors (Lipinski definition) is 3. The summed E-state index contributed by atoms with van der Waals surface area (Å²) < 4.78 is 0. The SMILES string of the molecule is CCC(=O)NP(N)(O)=S. The molecule has 4 nitrogen and oxygen atoms in total. The van der Waals surface area contributed by atoms with E-state index in [-0.39, 0.29) is 12.3 Å². The highest BCUT2D eigenvalue weighted by atomic mass is 32.4. The molecule has 0 bridgehead atoms. The minimum Gasteiger partial charge on any atom is -0.339 e. The van der Waals surface area contributed by atoms with Crippen LogP contribution in [0.5, 0.6) is 0 Å². The van der Waals surface area contributed by atoms with Crippen molar-refractivity contribution in [3.8, 4) is 0 Å². The van der Waals surface area contributed by atoms with Crippen molar-refractivity contribution >= 4 is 24.3 Å². The predicted molar refractivity (Wildman–Crippen MR) is 39.1 cm³/mol. The van der Waals surface area contributed by atoms with E-state index < -0.39 is 6.57 Å². The number of amides is 1. The molecule has 1 amide bonds. The van der Waals surface area contributed by atoms with Gasteiger partial charge in [-0.25, -0.2) is 0 Å². The zero-order chi connectivity index (χ0) is 7.49. The lowest BCUT2D eigenvalue weighted by Gasteiger charge is -2.08. The highest BCUT2D eigenvalue weighted by molar-refractivity contribution is 8.09. The first-order valence-electron chi connectivity index (χ1n) is 2.38. The quantitative estimate of drug-likeness (QED) is 0.494. The van der Waals surface area contributed by atoms with E-state index >= 15 is 0 Å². The monoisotopic (exact) mass is 168 g/mol. The first-order chi connectivity index (χ1) is 3.95. The number of nitrogens with one attached hydrogen (secondary N) is 1. The maximum atomic E-state index is 10.4. The minimum absolute atomic E-state index is 0.288. The van der Waals surface area contributed by atoms with Crippen LogP contribution in [0, 0.1) is 0 Å². The molecular weight excluding hydrogens is 159 g/mol. The Morgan fingerprint density at radius 3 is 2.56 bits per heavy atom. The van der Waals surface area contributed by atoms with Gasteiger partial charge in [-0.15, -0.1) is 0 Å². The molecule has 0 aromatic heterocycles. The van der Waals surface area contributed by atoms with E-state index in [0.29, 0.717) is 0 Å². The topological polar surface area (TPSA) is 75.4 Å². The summed E-state index contributed by atoms with van der Waals surface area (Å²) in [4.78, 5) is 19.1. The normalized spacial score (nSPS) is 16.3. The van der Waals surface area contributed by atoms with Gasteiger partial charge in [-0.05, 0) is 11.8 Å². The molecule has 0 saturated carbocycles. The number of rotatable bonds is 2. The number of hydrogen-bond acceptors (Lipinski definition) is 2. The molecule has 0 fully saturated rings. The van der Waals surface area contributed by atoms with Crippen molar-refractivity contribution in [3.05, 3.63) is 0 Å². The molecule has 0 radical (unpaired) electrons.